The molecule has 0 aliphatic carbocycles. The van der Waals surface area contributed by atoms with Crippen molar-refractivity contribution in [3.05, 3.63) is 15.6 Å². The number of thiazole rings is 1. The van der Waals surface area contributed by atoms with Crippen molar-refractivity contribution in [1.29, 1.82) is 0 Å². The summed E-state index contributed by atoms with van der Waals surface area (Å²) in [5.41, 5.74) is 0.955. The highest BCUT2D eigenvalue weighted by Gasteiger charge is 2.27. The van der Waals surface area contributed by atoms with Crippen LogP contribution >= 0.6 is 11.3 Å². The number of ether oxygens (including phenoxy) is 1. The fourth-order valence-corrected chi connectivity index (χ4v) is 3.89. The lowest BCUT2D eigenvalue weighted by Crippen LogP contribution is -2.39. The first kappa shape index (κ1) is 17.9. The highest BCUT2D eigenvalue weighted by atomic mass is 32.1. The van der Waals surface area contributed by atoms with Crippen LogP contribution in [0.4, 0.5) is 0 Å². The number of likely N-dealkylation sites (tertiary alicyclic amines) is 1. The third kappa shape index (κ3) is 4.77. The Balaban J connectivity index is 1.96. The van der Waals surface area contributed by atoms with Crippen LogP contribution in [-0.4, -0.2) is 42.0 Å². The molecule has 1 aromatic heterocycles. The van der Waals surface area contributed by atoms with Gasteiger partial charge in [0.05, 0.1) is 17.8 Å². The molecule has 0 atom stereocenters. The number of nitrogens with zero attached hydrogens (tertiary/aromatic N) is 2. The number of unbranched alkanes of at least 4 members (excludes halogenated alkanes) is 1. The molecule has 1 amide bonds. The Morgan fingerprint density at radius 3 is 2.65 bits per heavy atom. The van der Waals surface area contributed by atoms with Crippen LogP contribution in [0, 0.1) is 12.8 Å². The van der Waals surface area contributed by atoms with Crippen molar-refractivity contribution < 1.29 is 14.3 Å². The maximum absolute atomic E-state index is 12.8. The first-order valence-electron chi connectivity index (χ1n) is 8.37. The summed E-state index contributed by atoms with van der Waals surface area (Å²) in [5.74, 6) is 0.280. The van der Waals surface area contributed by atoms with E-state index in [0.29, 0.717) is 25.4 Å². The summed E-state index contributed by atoms with van der Waals surface area (Å²) in [6.07, 6.45) is 5.22. The molecule has 0 aromatic carbocycles. The van der Waals surface area contributed by atoms with Crippen molar-refractivity contribution in [2.75, 3.05) is 20.2 Å². The van der Waals surface area contributed by atoms with Crippen LogP contribution in [0.25, 0.3) is 0 Å². The number of methoxy groups -OCH3 is 1. The lowest BCUT2D eigenvalue weighted by molar-refractivity contribution is -0.142. The highest BCUT2D eigenvalue weighted by molar-refractivity contribution is 7.13. The number of esters is 1. The van der Waals surface area contributed by atoms with Gasteiger partial charge in [-0.3, -0.25) is 9.59 Å². The molecule has 1 aliphatic heterocycles. The second-order valence-electron chi connectivity index (χ2n) is 6.13. The molecule has 1 aromatic rings. The number of carbonyl (C=O) groups excluding carboxylic acids is 2. The van der Waals surface area contributed by atoms with Gasteiger partial charge in [0.1, 0.15) is 4.88 Å². The number of aromatic nitrogens is 1. The maximum Gasteiger partial charge on any atom is 0.305 e. The minimum atomic E-state index is -0.158. The van der Waals surface area contributed by atoms with Crippen molar-refractivity contribution in [3.63, 3.8) is 0 Å². The average molecular weight is 338 g/mol. The molecule has 0 unspecified atom stereocenters. The fraction of sp³-hybridized carbons (Fsp3) is 0.706. The Morgan fingerprint density at radius 1 is 1.35 bits per heavy atom. The Morgan fingerprint density at radius 2 is 2.04 bits per heavy atom. The van der Waals surface area contributed by atoms with E-state index in [9.17, 15) is 9.59 Å². The summed E-state index contributed by atoms with van der Waals surface area (Å²) in [6, 6.07) is 0. The largest absolute Gasteiger partial charge is 0.469 e. The van der Waals surface area contributed by atoms with Gasteiger partial charge in [-0.2, -0.15) is 0 Å². The Bertz CT molecular complexity index is 548. The number of hydrogen-bond donors (Lipinski definition) is 0. The van der Waals surface area contributed by atoms with E-state index in [-0.39, 0.29) is 11.9 Å². The number of aryl methyl sites for hydroxylation is 2. The van der Waals surface area contributed by atoms with Crippen LogP contribution in [0.5, 0.6) is 0 Å². The molecule has 5 nitrogen and oxygen atoms in total. The molecule has 0 saturated carbocycles. The summed E-state index contributed by atoms with van der Waals surface area (Å²) in [7, 11) is 1.42. The van der Waals surface area contributed by atoms with Gasteiger partial charge >= 0.3 is 5.97 Å². The van der Waals surface area contributed by atoms with Gasteiger partial charge in [0.25, 0.3) is 5.91 Å². The molecule has 1 saturated heterocycles. The fourth-order valence-electron chi connectivity index (χ4n) is 2.95. The molecule has 1 aliphatic rings. The van der Waals surface area contributed by atoms with Crippen molar-refractivity contribution in [3.8, 4) is 0 Å². The maximum atomic E-state index is 12.8. The first-order valence-corrected chi connectivity index (χ1v) is 9.19. The standard InChI is InChI=1S/C17H26N2O3S/c1-4-5-6-14-16(23-12(2)18-14)17(21)19-9-7-13(8-10-19)11-15(20)22-3/h13H,4-11H2,1-3H3. The molecule has 0 N–H and O–H groups in total. The van der Waals surface area contributed by atoms with Gasteiger partial charge in [0.15, 0.2) is 0 Å². The third-order valence-corrected chi connectivity index (χ3v) is 5.35. The number of piperidine rings is 1. The van der Waals surface area contributed by atoms with Gasteiger partial charge < -0.3 is 9.64 Å². The minimum Gasteiger partial charge on any atom is -0.469 e. The molecule has 2 rings (SSSR count). The molecule has 1 fully saturated rings. The van der Waals surface area contributed by atoms with Crippen molar-refractivity contribution in [2.24, 2.45) is 5.92 Å². The topological polar surface area (TPSA) is 59.5 Å². The number of amides is 1. The quantitative estimate of drug-likeness (QED) is 0.747. The van der Waals surface area contributed by atoms with Crippen LogP contribution in [-0.2, 0) is 16.0 Å². The zero-order chi connectivity index (χ0) is 16.8. The monoisotopic (exact) mass is 338 g/mol. The van der Waals surface area contributed by atoms with E-state index in [1.54, 1.807) is 0 Å². The molecule has 0 bridgehead atoms. The molecular weight excluding hydrogens is 312 g/mol. The lowest BCUT2D eigenvalue weighted by atomic mass is 9.93. The zero-order valence-electron chi connectivity index (χ0n) is 14.3. The van der Waals surface area contributed by atoms with E-state index >= 15 is 0 Å². The molecule has 128 valence electrons. The second-order valence-corrected chi connectivity index (χ2v) is 7.33. The van der Waals surface area contributed by atoms with Crippen LogP contribution in [0.2, 0.25) is 0 Å². The number of hydrogen-bond acceptors (Lipinski definition) is 5. The van der Waals surface area contributed by atoms with Gasteiger partial charge in [-0.15, -0.1) is 11.3 Å². The van der Waals surface area contributed by atoms with Crippen LogP contribution < -0.4 is 0 Å². The highest BCUT2D eigenvalue weighted by Crippen LogP contribution is 2.26. The van der Waals surface area contributed by atoms with Gasteiger partial charge in [0.2, 0.25) is 0 Å². The summed E-state index contributed by atoms with van der Waals surface area (Å²) in [6.45, 7) is 5.53. The Labute approximate surface area is 142 Å². The Hall–Kier alpha value is -1.43. The molecule has 23 heavy (non-hydrogen) atoms. The minimum absolute atomic E-state index is 0.109. The van der Waals surface area contributed by atoms with Gasteiger partial charge in [-0.1, -0.05) is 13.3 Å². The van der Waals surface area contributed by atoms with Crippen molar-refractivity contribution in [2.45, 2.75) is 52.4 Å². The summed E-state index contributed by atoms with van der Waals surface area (Å²) >= 11 is 1.51. The van der Waals surface area contributed by atoms with Gasteiger partial charge in [-0.25, -0.2) is 4.98 Å². The van der Waals surface area contributed by atoms with Crippen LogP contribution in [0.15, 0.2) is 0 Å². The summed E-state index contributed by atoms with van der Waals surface area (Å²) in [4.78, 5) is 31.4. The second kappa shape index (κ2) is 8.43. The smallest absolute Gasteiger partial charge is 0.305 e. The predicted molar refractivity (Wildman–Crippen MR) is 90.7 cm³/mol. The van der Waals surface area contributed by atoms with Crippen LogP contribution in [0.3, 0.4) is 0 Å². The normalized spacial score (nSPS) is 15.7. The third-order valence-electron chi connectivity index (χ3n) is 4.35. The molecular formula is C17H26N2O3S. The molecule has 0 spiro atoms. The van der Waals surface area contributed by atoms with E-state index in [0.717, 1.165) is 47.7 Å². The molecule has 6 heteroatoms. The Kier molecular flexibility index (Phi) is 6.57. The van der Waals surface area contributed by atoms with E-state index < -0.39 is 0 Å². The predicted octanol–water partition coefficient (Wildman–Crippen LogP) is 3.21. The van der Waals surface area contributed by atoms with E-state index in [1.807, 2.05) is 11.8 Å². The SMILES string of the molecule is CCCCc1nc(C)sc1C(=O)N1CCC(CC(=O)OC)CC1. The van der Waals surface area contributed by atoms with E-state index in [1.165, 1.54) is 18.4 Å². The van der Waals surface area contributed by atoms with Gasteiger partial charge in [-0.05, 0) is 38.5 Å². The number of carbonyl (C=O) groups is 2. The summed E-state index contributed by atoms with van der Waals surface area (Å²) < 4.78 is 4.73. The van der Waals surface area contributed by atoms with Crippen LogP contribution in [0.1, 0.15) is 59.4 Å². The summed E-state index contributed by atoms with van der Waals surface area (Å²) in [5, 5.41) is 0.958. The van der Waals surface area contributed by atoms with Crippen molar-refractivity contribution in [1.82, 2.24) is 9.88 Å². The lowest BCUT2D eigenvalue weighted by Gasteiger charge is -2.31. The van der Waals surface area contributed by atoms with Gasteiger partial charge in [0, 0.05) is 19.5 Å². The van der Waals surface area contributed by atoms with E-state index in [2.05, 4.69) is 11.9 Å². The van der Waals surface area contributed by atoms with Crippen molar-refractivity contribution >= 4 is 23.2 Å². The van der Waals surface area contributed by atoms with E-state index in [4.69, 9.17) is 4.74 Å². The molecule has 2 heterocycles. The zero-order valence-corrected chi connectivity index (χ0v) is 15.1. The molecule has 0 radical (unpaired) electrons. The average Bonchev–Trinajstić information content (AvgIpc) is 2.93. The first-order chi connectivity index (χ1) is 11.0. The number of rotatable bonds is 6.